The van der Waals surface area contributed by atoms with Crippen molar-refractivity contribution in [3.63, 3.8) is 0 Å². The quantitative estimate of drug-likeness (QED) is 0.919. The lowest BCUT2D eigenvalue weighted by molar-refractivity contribution is 0.707. The molecular formula is C13H15BrClN3. The van der Waals surface area contributed by atoms with E-state index in [4.69, 9.17) is 11.6 Å². The fourth-order valence-corrected chi connectivity index (χ4v) is 2.29. The number of halogens is 2. The molecule has 0 bridgehead atoms. The smallest absolute Gasteiger partial charge is 0.0625 e. The number of aryl methyl sites for hydroxylation is 2. The summed E-state index contributed by atoms with van der Waals surface area (Å²) in [6.07, 6.45) is 0.953. The van der Waals surface area contributed by atoms with Gasteiger partial charge in [0, 0.05) is 16.5 Å². The zero-order valence-electron chi connectivity index (χ0n) is 10.4. The van der Waals surface area contributed by atoms with Crippen LogP contribution in [0.4, 0.5) is 5.69 Å². The van der Waals surface area contributed by atoms with Crippen molar-refractivity contribution in [3.05, 3.63) is 45.1 Å². The van der Waals surface area contributed by atoms with Gasteiger partial charge in [0.15, 0.2) is 0 Å². The molecule has 1 N–H and O–H groups in total. The van der Waals surface area contributed by atoms with Crippen LogP contribution in [0.5, 0.6) is 0 Å². The highest BCUT2D eigenvalue weighted by atomic mass is 79.9. The van der Waals surface area contributed by atoms with E-state index in [2.05, 4.69) is 39.3 Å². The molecule has 0 fully saturated rings. The third-order valence-electron chi connectivity index (χ3n) is 2.78. The van der Waals surface area contributed by atoms with Gasteiger partial charge >= 0.3 is 0 Å². The van der Waals surface area contributed by atoms with Crippen molar-refractivity contribution in [1.82, 2.24) is 9.78 Å². The Morgan fingerprint density at radius 3 is 2.83 bits per heavy atom. The first-order chi connectivity index (χ1) is 8.60. The van der Waals surface area contributed by atoms with E-state index in [1.165, 1.54) is 0 Å². The molecule has 1 heterocycles. The van der Waals surface area contributed by atoms with E-state index in [1.807, 2.05) is 29.9 Å². The van der Waals surface area contributed by atoms with Gasteiger partial charge in [0.25, 0.3) is 0 Å². The van der Waals surface area contributed by atoms with Crippen LogP contribution in [-0.4, -0.2) is 9.78 Å². The molecule has 0 spiro atoms. The van der Waals surface area contributed by atoms with Crippen molar-refractivity contribution < 1.29 is 0 Å². The lowest BCUT2D eigenvalue weighted by atomic mass is 10.3. The number of nitrogens with one attached hydrogen (secondary N) is 1. The fraction of sp³-hybridized carbons (Fsp3) is 0.308. The van der Waals surface area contributed by atoms with Crippen LogP contribution in [-0.2, 0) is 20.0 Å². The fourth-order valence-electron chi connectivity index (χ4n) is 1.73. The van der Waals surface area contributed by atoms with Crippen LogP contribution in [0.2, 0.25) is 5.02 Å². The van der Waals surface area contributed by atoms with Crippen LogP contribution >= 0.6 is 27.5 Å². The normalized spacial score (nSPS) is 10.7. The van der Waals surface area contributed by atoms with E-state index in [0.29, 0.717) is 0 Å². The summed E-state index contributed by atoms with van der Waals surface area (Å²) in [7, 11) is 1.96. The van der Waals surface area contributed by atoms with Crippen molar-refractivity contribution in [2.45, 2.75) is 19.9 Å². The number of aromatic nitrogens is 2. The number of hydrogen-bond acceptors (Lipinski definition) is 2. The molecule has 0 amide bonds. The van der Waals surface area contributed by atoms with Crippen LogP contribution in [0.1, 0.15) is 18.3 Å². The zero-order chi connectivity index (χ0) is 13.1. The number of anilines is 1. The van der Waals surface area contributed by atoms with Gasteiger partial charge in [-0.05, 0) is 46.6 Å². The summed E-state index contributed by atoms with van der Waals surface area (Å²) in [4.78, 5) is 0. The lowest BCUT2D eigenvalue weighted by Gasteiger charge is -2.09. The predicted octanol–water partition coefficient (Wildman–Crippen LogP) is 4.01. The van der Waals surface area contributed by atoms with Crippen LogP contribution in [0.3, 0.4) is 0 Å². The summed E-state index contributed by atoms with van der Waals surface area (Å²) in [5, 5.41) is 8.50. The first-order valence-electron chi connectivity index (χ1n) is 5.81. The Kier molecular flexibility index (Phi) is 4.30. The molecular weight excluding hydrogens is 314 g/mol. The average molecular weight is 329 g/mol. The van der Waals surface area contributed by atoms with Gasteiger partial charge in [0.2, 0.25) is 0 Å². The third kappa shape index (κ3) is 3.06. The van der Waals surface area contributed by atoms with Crippen molar-refractivity contribution in [3.8, 4) is 0 Å². The summed E-state index contributed by atoms with van der Waals surface area (Å²) < 4.78 is 2.91. The van der Waals surface area contributed by atoms with E-state index >= 15 is 0 Å². The zero-order valence-corrected chi connectivity index (χ0v) is 12.7. The maximum absolute atomic E-state index is 5.98. The minimum Gasteiger partial charge on any atom is -0.378 e. The van der Waals surface area contributed by atoms with Gasteiger partial charge in [-0.1, -0.05) is 18.5 Å². The average Bonchev–Trinajstić information content (AvgIpc) is 2.71. The Hall–Kier alpha value is -1.00. The molecule has 0 saturated heterocycles. The molecule has 18 heavy (non-hydrogen) atoms. The summed E-state index contributed by atoms with van der Waals surface area (Å²) >= 11 is 9.48. The van der Waals surface area contributed by atoms with Gasteiger partial charge in [0.1, 0.15) is 0 Å². The molecule has 0 atom stereocenters. The van der Waals surface area contributed by atoms with E-state index in [9.17, 15) is 0 Å². The topological polar surface area (TPSA) is 29.9 Å². The van der Waals surface area contributed by atoms with Crippen molar-refractivity contribution >= 4 is 33.2 Å². The number of nitrogens with zero attached hydrogens (tertiary/aromatic N) is 2. The predicted molar refractivity (Wildman–Crippen MR) is 79.1 cm³/mol. The third-order valence-corrected chi connectivity index (χ3v) is 3.70. The maximum Gasteiger partial charge on any atom is 0.0625 e. The number of benzene rings is 1. The second kappa shape index (κ2) is 5.76. The molecule has 2 aromatic rings. The van der Waals surface area contributed by atoms with Crippen LogP contribution < -0.4 is 5.32 Å². The lowest BCUT2D eigenvalue weighted by Crippen LogP contribution is -2.05. The Labute approximate surface area is 120 Å². The van der Waals surface area contributed by atoms with Gasteiger partial charge in [-0.3, -0.25) is 4.68 Å². The van der Waals surface area contributed by atoms with E-state index in [0.717, 1.165) is 39.5 Å². The van der Waals surface area contributed by atoms with Crippen LogP contribution in [0.15, 0.2) is 28.7 Å². The molecule has 1 aromatic carbocycles. The van der Waals surface area contributed by atoms with Gasteiger partial charge in [-0.15, -0.1) is 0 Å². The van der Waals surface area contributed by atoms with Gasteiger partial charge in [-0.25, -0.2) is 0 Å². The van der Waals surface area contributed by atoms with Crippen molar-refractivity contribution in [1.29, 1.82) is 0 Å². The maximum atomic E-state index is 5.98. The summed E-state index contributed by atoms with van der Waals surface area (Å²) in [5.41, 5.74) is 3.25. The summed E-state index contributed by atoms with van der Waals surface area (Å²) in [5.74, 6) is 0. The molecule has 3 nitrogen and oxygen atoms in total. The second-order valence-corrected chi connectivity index (χ2v) is 5.37. The SMILES string of the molecule is CCc1cc(CNc2cc(Cl)ccc2Br)n(C)n1. The second-order valence-electron chi connectivity index (χ2n) is 4.08. The molecule has 0 aliphatic rings. The highest BCUT2D eigenvalue weighted by Gasteiger charge is 2.05. The Bertz CT molecular complexity index is 551. The molecule has 0 radical (unpaired) electrons. The minimum absolute atomic E-state index is 0.722. The highest BCUT2D eigenvalue weighted by molar-refractivity contribution is 9.10. The first kappa shape index (κ1) is 13.4. The number of hydrogen-bond donors (Lipinski definition) is 1. The summed E-state index contributed by atoms with van der Waals surface area (Å²) in [6, 6.07) is 7.82. The molecule has 96 valence electrons. The van der Waals surface area contributed by atoms with Crippen LogP contribution in [0, 0.1) is 0 Å². The molecule has 0 unspecified atom stereocenters. The summed E-state index contributed by atoms with van der Waals surface area (Å²) in [6.45, 7) is 2.83. The molecule has 1 aromatic heterocycles. The van der Waals surface area contributed by atoms with E-state index in [-0.39, 0.29) is 0 Å². The Morgan fingerprint density at radius 2 is 2.17 bits per heavy atom. The van der Waals surface area contributed by atoms with Crippen LogP contribution in [0.25, 0.3) is 0 Å². The molecule has 5 heteroatoms. The monoisotopic (exact) mass is 327 g/mol. The van der Waals surface area contributed by atoms with Gasteiger partial charge in [-0.2, -0.15) is 5.10 Å². The largest absolute Gasteiger partial charge is 0.378 e. The molecule has 0 saturated carbocycles. The minimum atomic E-state index is 0.722. The van der Waals surface area contributed by atoms with Gasteiger partial charge < -0.3 is 5.32 Å². The van der Waals surface area contributed by atoms with Crippen molar-refractivity contribution in [2.75, 3.05) is 5.32 Å². The standard InChI is InChI=1S/C13H15BrClN3/c1-3-10-7-11(18(2)17-10)8-16-13-6-9(15)4-5-12(13)14/h4-7,16H,3,8H2,1-2H3. The van der Waals surface area contributed by atoms with Gasteiger partial charge in [0.05, 0.1) is 23.6 Å². The first-order valence-corrected chi connectivity index (χ1v) is 6.98. The molecule has 0 aliphatic carbocycles. The highest BCUT2D eigenvalue weighted by Crippen LogP contribution is 2.26. The van der Waals surface area contributed by atoms with E-state index < -0.39 is 0 Å². The Balaban J connectivity index is 2.11. The van der Waals surface area contributed by atoms with Crippen molar-refractivity contribution in [2.24, 2.45) is 7.05 Å². The Morgan fingerprint density at radius 1 is 1.39 bits per heavy atom. The van der Waals surface area contributed by atoms with E-state index in [1.54, 1.807) is 0 Å². The molecule has 2 rings (SSSR count). The molecule has 0 aliphatic heterocycles. The number of rotatable bonds is 4.